The minimum absolute atomic E-state index is 0.0980. The van der Waals surface area contributed by atoms with Gasteiger partial charge in [0.25, 0.3) is 5.91 Å². The lowest BCUT2D eigenvalue weighted by molar-refractivity contribution is -0.145. The van der Waals surface area contributed by atoms with Crippen LogP contribution in [-0.4, -0.2) is 39.3 Å². The summed E-state index contributed by atoms with van der Waals surface area (Å²) in [6, 6.07) is 14.0. The van der Waals surface area contributed by atoms with Gasteiger partial charge in [0, 0.05) is 5.56 Å². The molecule has 2 aromatic rings. The van der Waals surface area contributed by atoms with Crippen molar-refractivity contribution in [3.8, 4) is 0 Å². The van der Waals surface area contributed by atoms with Crippen LogP contribution in [0.25, 0.3) is 0 Å². The molecular weight excluding hydrogens is 386 g/mol. The van der Waals surface area contributed by atoms with Gasteiger partial charge in [-0.25, -0.2) is 13.6 Å². The lowest BCUT2D eigenvalue weighted by Crippen LogP contribution is -2.39. The van der Waals surface area contributed by atoms with Gasteiger partial charge in [-0.3, -0.25) is 14.4 Å². The molecule has 4 N–H and O–H groups in total. The first kappa shape index (κ1) is 21.1. The van der Waals surface area contributed by atoms with Gasteiger partial charge < -0.3 is 15.4 Å². The van der Waals surface area contributed by atoms with E-state index in [-0.39, 0.29) is 30.2 Å². The molecule has 0 saturated heterocycles. The van der Waals surface area contributed by atoms with Crippen molar-refractivity contribution >= 4 is 27.8 Å². The number of primary sulfonamides is 1. The van der Waals surface area contributed by atoms with Gasteiger partial charge in [-0.15, -0.1) is 0 Å². The van der Waals surface area contributed by atoms with Gasteiger partial charge in [0.1, 0.15) is 13.2 Å². The highest BCUT2D eigenvalue weighted by Crippen LogP contribution is 2.08. The number of benzene rings is 2. The molecule has 28 heavy (non-hydrogen) atoms. The first-order valence-corrected chi connectivity index (χ1v) is 9.67. The molecule has 0 aliphatic rings. The number of esters is 1. The van der Waals surface area contributed by atoms with Crippen LogP contribution in [-0.2, 0) is 31.0 Å². The Hall–Kier alpha value is -3.24. The van der Waals surface area contributed by atoms with Crippen molar-refractivity contribution in [3.05, 3.63) is 65.7 Å². The molecule has 10 heteroatoms. The summed E-state index contributed by atoms with van der Waals surface area (Å²) in [6.07, 6.45) is 0. The number of carbonyl (C=O) groups excluding carboxylic acids is 3. The second kappa shape index (κ2) is 9.62. The van der Waals surface area contributed by atoms with E-state index in [1.165, 1.54) is 24.3 Å². The zero-order chi connectivity index (χ0) is 20.6. The van der Waals surface area contributed by atoms with Crippen LogP contribution in [0.3, 0.4) is 0 Å². The Kier molecular flexibility index (Phi) is 7.24. The first-order chi connectivity index (χ1) is 13.3. The fourth-order valence-corrected chi connectivity index (χ4v) is 2.60. The van der Waals surface area contributed by atoms with Crippen molar-refractivity contribution in [1.82, 2.24) is 10.6 Å². The van der Waals surface area contributed by atoms with Crippen LogP contribution in [0.15, 0.2) is 59.5 Å². The molecule has 0 saturated carbocycles. The van der Waals surface area contributed by atoms with Crippen molar-refractivity contribution in [2.24, 2.45) is 5.14 Å². The lowest BCUT2D eigenvalue weighted by Gasteiger charge is -2.08. The second-order valence-electron chi connectivity index (χ2n) is 5.68. The molecular formula is C18H19N3O6S. The topological polar surface area (TPSA) is 145 Å². The Labute approximate surface area is 161 Å². The van der Waals surface area contributed by atoms with Crippen LogP contribution in [0.2, 0.25) is 0 Å². The van der Waals surface area contributed by atoms with Crippen molar-refractivity contribution in [2.75, 3.05) is 13.1 Å². The van der Waals surface area contributed by atoms with E-state index in [0.717, 1.165) is 5.56 Å². The van der Waals surface area contributed by atoms with E-state index < -0.39 is 27.8 Å². The van der Waals surface area contributed by atoms with Crippen molar-refractivity contribution < 1.29 is 27.5 Å². The van der Waals surface area contributed by atoms with E-state index in [0.29, 0.717) is 0 Å². The monoisotopic (exact) mass is 405 g/mol. The lowest BCUT2D eigenvalue weighted by atomic mass is 10.2. The quantitative estimate of drug-likeness (QED) is 0.524. The maximum Gasteiger partial charge on any atom is 0.325 e. The summed E-state index contributed by atoms with van der Waals surface area (Å²) in [5, 5.41) is 9.66. The van der Waals surface area contributed by atoms with Crippen LogP contribution >= 0.6 is 0 Å². The number of sulfonamides is 1. The number of nitrogens with one attached hydrogen (secondary N) is 2. The molecule has 0 aliphatic carbocycles. The number of nitrogens with two attached hydrogens (primary N) is 1. The van der Waals surface area contributed by atoms with E-state index >= 15 is 0 Å². The maximum atomic E-state index is 11.9. The number of hydrogen-bond acceptors (Lipinski definition) is 6. The highest BCUT2D eigenvalue weighted by atomic mass is 32.2. The van der Waals surface area contributed by atoms with Gasteiger partial charge in [-0.1, -0.05) is 30.3 Å². The predicted molar refractivity (Wildman–Crippen MR) is 99.4 cm³/mol. The van der Waals surface area contributed by atoms with Gasteiger partial charge in [-0.05, 0) is 29.8 Å². The van der Waals surface area contributed by atoms with Crippen LogP contribution in [0.5, 0.6) is 0 Å². The van der Waals surface area contributed by atoms with Gasteiger partial charge in [0.15, 0.2) is 0 Å². The van der Waals surface area contributed by atoms with Crippen LogP contribution in [0.1, 0.15) is 15.9 Å². The van der Waals surface area contributed by atoms with E-state index in [2.05, 4.69) is 10.6 Å². The standard InChI is InChI=1S/C18H19N3O6S/c19-28(25,26)15-8-6-14(7-9-15)18(24)21-10-16(22)20-11-17(23)27-12-13-4-2-1-3-5-13/h1-9H,10-12H2,(H,20,22)(H,21,24)(H2,19,25,26). The van der Waals surface area contributed by atoms with Crippen molar-refractivity contribution in [3.63, 3.8) is 0 Å². The molecule has 0 heterocycles. The molecule has 0 fully saturated rings. The fourth-order valence-electron chi connectivity index (χ4n) is 2.08. The zero-order valence-corrected chi connectivity index (χ0v) is 15.6. The summed E-state index contributed by atoms with van der Waals surface area (Å²) in [5.74, 6) is -1.77. The Balaban J connectivity index is 1.71. The fraction of sp³-hybridized carbons (Fsp3) is 0.167. The first-order valence-electron chi connectivity index (χ1n) is 8.13. The molecule has 0 aromatic heterocycles. The number of carbonyl (C=O) groups is 3. The third-order valence-electron chi connectivity index (χ3n) is 3.53. The van der Waals surface area contributed by atoms with Crippen LogP contribution in [0, 0.1) is 0 Å². The predicted octanol–water partition coefficient (Wildman–Crippen LogP) is -0.0766. The molecule has 0 bridgehead atoms. The largest absolute Gasteiger partial charge is 0.460 e. The highest BCUT2D eigenvalue weighted by Gasteiger charge is 2.12. The molecule has 0 spiro atoms. The molecule has 148 valence electrons. The normalized spacial score (nSPS) is 10.8. The van der Waals surface area contributed by atoms with Gasteiger partial charge >= 0.3 is 5.97 Å². The summed E-state index contributed by atoms with van der Waals surface area (Å²) in [6.45, 7) is -0.590. The minimum atomic E-state index is -3.85. The smallest absolute Gasteiger partial charge is 0.325 e. The Morgan fingerprint density at radius 2 is 1.54 bits per heavy atom. The number of amides is 2. The van der Waals surface area contributed by atoms with Crippen LogP contribution in [0.4, 0.5) is 0 Å². The van der Waals surface area contributed by atoms with E-state index in [4.69, 9.17) is 9.88 Å². The molecule has 2 aromatic carbocycles. The number of hydrogen-bond donors (Lipinski definition) is 3. The van der Waals surface area contributed by atoms with E-state index in [9.17, 15) is 22.8 Å². The summed E-state index contributed by atoms with van der Waals surface area (Å²) in [5.41, 5.74) is 0.977. The van der Waals surface area contributed by atoms with Crippen LogP contribution < -0.4 is 15.8 Å². The number of ether oxygens (including phenoxy) is 1. The molecule has 2 rings (SSSR count). The highest BCUT2D eigenvalue weighted by molar-refractivity contribution is 7.89. The van der Waals surface area contributed by atoms with E-state index in [1.807, 2.05) is 18.2 Å². The molecule has 0 atom stereocenters. The van der Waals surface area contributed by atoms with Crippen molar-refractivity contribution in [2.45, 2.75) is 11.5 Å². The van der Waals surface area contributed by atoms with Gasteiger partial charge in [0.2, 0.25) is 15.9 Å². The van der Waals surface area contributed by atoms with Gasteiger partial charge in [0.05, 0.1) is 11.4 Å². The summed E-state index contributed by atoms with van der Waals surface area (Å²) < 4.78 is 27.4. The van der Waals surface area contributed by atoms with Crippen molar-refractivity contribution in [1.29, 1.82) is 0 Å². The summed E-state index contributed by atoms with van der Waals surface area (Å²) in [4.78, 5) is 35.1. The zero-order valence-electron chi connectivity index (χ0n) is 14.8. The molecule has 9 nitrogen and oxygen atoms in total. The van der Waals surface area contributed by atoms with E-state index in [1.54, 1.807) is 12.1 Å². The molecule has 0 aliphatic heterocycles. The van der Waals surface area contributed by atoms with Gasteiger partial charge in [-0.2, -0.15) is 0 Å². The Morgan fingerprint density at radius 3 is 2.14 bits per heavy atom. The maximum absolute atomic E-state index is 11.9. The summed E-state index contributed by atoms with van der Waals surface area (Å²) >= 11 is 0. The third kappa shape index (κ3) is 6.82. The SMILES string of the molecule is NS(=O)(=O)c1ccc(C(=O)NCC(=O)NCC(=O)OCc2ccccc2)cc1. The second-order valence-corrected chi connectivity index (χ2v) is 7.24. The number of rotatable bonds is 8. The molecule has 0 unspecified atom stereocenters. The molecule has 0 radical (unpaired) electrons. The average molecular weight is 405 g/mol. The minimum Gasteiger partial charge on any atom is -0.460 e. The average Bonchev–Trinajstić information content (AvgIpc) is 2.69. The third-order valence-corrected chi connectivity index (χ3v) is 4.46. The Bertz CT molecular complexity index is 943. The summed E-state index contributed by atoms with van der Waals surface area (Å²) in [7, 11) is -3.85. The molecule has 2 amide bonds. The Morgan fingerprint density at radius 1 is 0.893 bits per heavy atom.